The third kappa shape index (κ3) is 3.11. The van der Waals surface area contributed by atoms with Crippen LogP contribution in [0.15, 0.2) is 18.2 Å². The Labute approximate surface area is 95.4 Å². The molecular formula is C9H6Cl2O4. The van der Waals surface area contributed by atoms with Crippen LogP contribution in [-0.4, -0.2) is 22.9 Å². The van der Waals surface area contributed by atoms with Gasteiger partial charge in [0.25, 0.3) is 0 Å². The number of ether oxygens (including phenoxy) is 1. The predicted octanol–water partition coefficient (Wildman–Crippen LogP) is 2.18. The fourth-order valence-corrected chi connectivity index (χ4v) is 1.12. The van der Waals surface area contributed by atoms with Gasteiger partial charge in [-0.25, -0.2) is 4.79 Å². The van der Waals surface area contributed by atoms with Crippen molar-refractivity contribution in [2.45, 2.75) is 0 Å². The third-order valence-corrected chi connectivity index (χ3v) is 1.96. The fraction of sp³-hybridized carbons (Fsp3) is 0.111. The largest absolute Gasteiger partial charge is 0.478 e. The molecule has 0 fully saturated rings. The highest BCUT2D eigenvalue weighted by Gasteiger charge is 2.14. The highest BCUT2D eigenvalue weighted by molar-refractivity contribution is 6.31. The van der Waals surface area contributed by atoms with Crippen LogP contribution in [0.3, 0.4) is 0 Å². The van der Waals surface area contributed by atoms with Gasteiger partial charge < -0.3 is 9.84 Å². The number of alkyl halides is 1. The number of hydrogen-bond acceptors (Lipinski definition) is 3. The predicted molar refractivity (Wildman–Crippen MR) is 54.8 cm³/mol. The molecule has 0 amide bonds. The Morgan fingerprint density at radius 1 is 1.40 bits per heavy atom. The van der Waals surface area contributed by atoms with E-state index in [1.54, 1.807) is 0 Å². The molecule has 15 heavy (non-hydrogen) atoms. The molecule has 0 saturated heterocycles. The number of benzene rings is 1. The van der Waals surface area contributed by atoms with Crippen LogP contribution in [0, 0.1) is 0 Å². The number of rotatable bonds is 3. The molecule has 6 heteroatoms. The van der Waals surface area contributed by atoms with E-state index in [9.17, 15) is 9.59 Å². The van der Waals surface area contributed by atoms with E-state index in [1.165, 1.54) is 18.2 Å². The highest BCUT2D eigenvalue weighted by Crippen LogP contribution is 2.23. The highest BCUT2D eigenvalue weighted by atomic mass is 35.5. The van der Waals surface area contributed by atoms with Gasteiger partial charge in [0.2, 0.25) is 0 Å². The molecule has 1 aromatic rings. The molecule has 1 N–H and O–H groups in total. The van der Waals surface area contributed by atoms with Gasteiger partial charge in [-0.15, -0.1) is 11.6 Å². The van der Waals surface area contributed by atoms with Crippen LogP contribution < -0.4 is 4.74 Å². The second-order valence-corrected chi connectivity index (χ2v) is 3.26. The zero-order valence-electron chi connectivity index (χ0n) is 7.37. The van der Waals surface area contributed by atoms with Crippen molar-refractivity contribution in [2.24, 2.45) is 0 Å². The number of esters is 1. The van der Waals surface area contributed by atoms with Crippen molar-refractivity contribution >= 4 is 35.1 Å². The minimum absolute atomic E-state index is 0.111. The molecular weight excluding hydrogens is 243 g/mol. The summed E-state index contributed by atoms with van der Waals surface area (Å²) in [5.41, 5.74) is -0.141. The van der Waals surface area contributed by atoms with E-state index in [1.807, 2.05) is 0 Å². The van der Waals surface area contributed by atoms with Crippen molar-refractivity contribution in [3.05, 3.63) is 28.8 Å². The number of carbonyl (C=O) groups excluding carboxylic acids is 1. The van der Waals surface area contributed by atoms with Gasteiger partial charge in [0.1, 0.15) is 17.2 Å². The Hall–Kier alpha value is -1.26. The van der Waals surface area contributed by atoms with Gasteiger partial charge in [-0.1, -0.05) is 11.6 Å². The Morgan fingerprint density at radius 2 is 2.07 bits per heavy atom. The molecule has 0 spiro atoms. The smallest absolute Gasteiger partial charge is 0.339 e. The zero-order chi connectivity index (χ0) is 11.4. The van der Waals surface area contributed by atoms with Crippen molar-refractivity contribution in [3.8, 4) is 5.75 Å². The van der Waals surface area contributed by atoms with E-state index >= 15 is 0 Å². The first-order chi connectivity index (χ1) is 7.04. The number of hydrogen-bond donors (Lipinski definition) is 1. The molecule has 0 unspecified atom stereocenters. The molecule has 80 valence electrons. The van der Waals surface area contributed by atoms with E-state index in [2.05, 4.69) is 0 Å². The van der Waals surface area contributed by atoms with Crippen LogP contribution in [0.2, 0.25) is 5.02 Å². The summed E-state index contributed by atoms with van der Waals surface area (Å²) in [6.07, 6.45) is 0. The first-order valence-electron chi connectivity index (χ1n) is 3.84. The molecule has 0 bridgehead atoms. The molecule has 0 atom stereocenters. The second kappa shape index (κ2) is 5.00. The number of carboxylic acids is 1. The van der Waals surface area contributed by atoms with E-state index in [0.717, 1.165) is 0 Å². The van der Waals surface area contributed by atoms with Crippen LogP contribution in [0.4, 0.5) is 0 Å². The lowest BCUT2D eigenvalue weighted by Gasteiger charge is -2.05. The molecule has 1 rings (SSSR count). The van der Waals surface area contributed by atoms with Crippen LogP contribution in [0.25, 0.3) is 0 Å². The molecule has 0 heterocycles. The molecule has 0 aromatic heterocycles. The van der Waals surface area contributed by atoms with Gasteiger partial charge in [-0.3, -0.25) is 4.79 Å². The van der Waals surface area contributed by atoms with Crippen molar-refractivity contribution in [1.82, 2.24) is 0 Å². The summed E-state index contributed by atoms with van der Waals surface area (Å²) in [4.78, 5) is 21.6. The maximum absolute atomic E-state index is 10.9. The summed E-state index contributed by atoms with van der Waals surface area (Å²) in [6, 6.07) is 3.89. The number of carbonyl (C=O) groups is 2. The number of halogens is 2. The van der Waals surface area contributed by atoms with E-state index < -0.39 is 11.9 Å². The van der Waals surface area contributed by atoms with Gasteiger partial charge in [-0.2, -0.15) is 0 Å². The molecule has 0 aliphatic heterocycles. The van der Waals surface area contributed by atoms with Crippen LogP contribution in [0.5, 0.6) is 5.75 Å². The van der Waals surface area contributed by atoms with E-state index in [-0.39, 0.29) is 22.2 Å². The summed E-state index contributed by atoms with van der Waals surface area (Å²) < 4.78 is 4.70. The average molecular weight is 249 g/mol. The third-order valence-electron chi connectivity index (χ3n) is 1.51. The maximum Gasteiger partial charge on any atom is 0.339 e. The Bertz CT molecular complexity index is 403. The second-order valence-electron chi connectivity index (χ2n) is 2.55. The van der Waals surface area contributed by atoms with Gasteiger partial charge in [0.05, 0.1) is 0 Å². The molecule has 0 aliphatic carbocycles. The summed E-state index contributed by atoms with van der Waals surface area (Å²) >= 11 is 10.8. The van der Waals surface area contributed by atoms with Crippen molar-refractivity contribution in [2.75, 3.05) is 5.88 Å². The lowest BCUT2D eigenvalue weighted by molar-refractivity contribution is -0.131. The van der Waals surface area contributed by atoms with Gasteiger partial charge in [-0.05, 0) is 12.1 Å². The number of carboxylic acid groups (broad SMARTS) is 1. The molecule has 0 aliphatic rings. The van der Waals surface area contributed by atoms with E-state index in [0.29, 0.717) is 0 Å². The quantitative estimate of drug-likeness (QED) is 0.506. The molecule has 0 saturated carbocycles. The normalized spacial score (nSPS) is 9.73. The Balaban J connectivity index is 3.07. The average Bonchev–Trinajstić information content (AvgIpc) is 2.17. The van der Waals surface area contributed by atoms with E-state index in [4.69, 9.17) is 33.0 Å². The summed E-state index contributed by atoms with van der Waals surface area (Å²) in [5, 5.41) is 9.05. The summed E-state index contributed by atoms with van der Waals surface area (Å²) in [5.74, 6) is -2.41. The summed E-state index contributed by atoms with van der Waals surface area (Å²) in [7, 11) is 0. The Morgan fingerprint density at radius 3 is 2.60 bits per heavy atom. The van der Waals surface area contributed by atoms with Crippen molar-refractivity contribution in [1.29, 1.82) is 0 Å². The monoisotopic (exact) mass is 248 g/mol. The van der Waals surface area contributed by atoms with Crippen LogP contribution in [0.1, 0.15) is 10.4 Å². The summed E-state index contributed by atoms with van der Waals surface area (Å²) in [6.45, 7) is 0. The lowest BCUT2D eigenvalue weighted by atomic mass is 10.2. The minimum Gasteiger partial charge on any atom is -0.478 e. The minimum atomic E-state index is -1.20. The van der Waals surface area contributed by atoms with Gasteiger partial charge >= 0.3 is 11.9 Å². The van der Waals surface area contributed by atoms with Crippen molar-refractivity contribution < 1.29 is 19.4 Å². The van der Waals surface area contributed by atoms with Crippen LogP contribution in [-0.2, 0) is 4.79 Å². The van der Waals surface area contributed by atoms with Crippen LogP contribution >= 0.6 is 23.2 Å². The van der Waals surface area contributed by atoms with Gasteiger partial charge in [0, 0.05) is 11.1 Å². The SMILES string of the molecule is O=C(CCl)Oc1cc(Cl)ccc1C(=O)O. The molecule has 0 radical (unpaired) electrons. The molecule has 4 nitrogen and oxygen atoms in total. The lowest BCUT2D eigenvalue weighted by Crippen LogP contribution is -2.12. The fourth-order valence-electron chi connectivity index (χ4n) is 0.907. The zero-order valence-corrected chi connectivity index (χ0v) is 8.88. The van der Waals surface area contributed by atoms with Gasteiger partial charge in [0.15, 0.2) is 0 Å². The topological polar surface area (TPSA) is 63.6 Å². The first kappa shape index (κ1) is 11.8. The molecule has 1 aromatic carbocycles. The van der Waals surface area contributed by atoms with Crippen molar-refractivity contribution in [3.63, 3.8) is 0 Å². The maximum atomic E-state index is 10.9. The Kier molecular flexibility index (Phi) is 3.94. The number of aromatic carboxylic acids is 1. The first-order valence-corrected chi connectivity index (χ1v) is 4.75. The standard InChI is InChI=1S/C9H6Cl2O4/c10-4-8(12)15-7-3-5(11)1-2-6(7)9(13)14/h1-3H,4H2,(H,13,14).